The average Bonchev–Trinajstić information content (AvgIpc) is 3.19. The lowest BCUT2D eigenvalue weighted by Crippen LogP contribution is -2.38. The van der Waals surface area contributed by atoms with E-state index in [2.05, 4.69) is 20.7 Å². The highest BCUT2D eigenvalue weighted by Crippen LogP contribution is 2.14. The fraction of sp³-hybridized carbons (Fsp3) is 0.238. The lowest BCUT2D eigenvalue weighted by atomic mass is 10.1. The summed E-state index contributed by atoms with van der Waals surface area (Å²) < 4.78 is 20.2. The normalized spacial score (nSPS) is 10.9. The van der Waals surface area contributed by atoms with E-state index in [-0.39, 0.29) is 29.8 Å². The first-order valence-corrected chi connectivity index (χ1v) is 9.06. The van der Waals surface area contributed by atoms with Gasteiger partial charge in [-0.15, -0.1) is 24.0 Å². The molecule has 0 saturated heterocycles. The number of aromatic nitrogens is 2. The Hall–Kier alpha value is -2.62. The first-order chi connectivity index (χ1) is 13.7. The van der Waals surface area contributed by atoms with Crippen molar-refractivity contribution in [2.75, 3.05) is 20.7 Å². The number of aliphatic imine (C=N–C) groups is 1. The number of halogens is 2. The van der Waals surface area contributed by atoms with Gasteiger partial charge in [0.1, 0.15) is 11.6 Å². The van der Waals surface area contributed by atoms with Gasteiger partial charge in [0.2, 0.25) is 0 Å². The van der Waals surface area contributed by atoms with Crippen LogP contribution in [-0.4, -0.2) is 36.4 Å². The van der Waals surface area contributed by atoms with Crippen LogP contribution in [0.4, 0.5) is 4.39 Å². The van der Waals surface area contributed by atoms with E-state index in [4.69, 9.17) is 4.74 Å². The topological polar surface area (TPSA) is 63.5 Å². The molecular formula is C21H25FIN5O. The minimum Gasteiger partial charge on any atom is -0.497 e. The third-order valence-corrected chi connectivity index (χ3v) is 4.24. The second-order valence-electron chi connectivity index (χ2n) is 6.18. The van der Waals surface area contributed by atoms with E-state index in [9.17, 15) is 4.39 Å². The molecule has 8 heteroatoms. The third-order valence-electron chi connectivity index (χ3n) is 4.24. The predicted molar refractivity (Wildman–Crippen MR) is 124 cm³/mol. The third kappa shape index (κ3) is 6.74. The summed E-state index contributed by atoms with van der Waals surface area (Å²) in [5.41, 5.74) is 2.80. The van der Waals surface area contributed by atoms with Crippen molar-refractivity contribution in [2.24, 2.45) is 4.99 Å². The van der Waals surface area contributed by atoms with Crippen LogP contribution in [0.1, 0.15) is 11.3 Å². The number of guanidine groups is 1. The van der Waals surface area contributed by atoms with Gasteiger partial charge < -0.3 is 15.4 Å². The number of benzene rings is 2. The number of nitrogens with zero attached hydrogens (tertiary/aromatic N) is 3. The van der Waals surface area contributed by atoms with Crippen LogP contribution in [0.5, 0.6) is 5.75 Å². The molecule has 1 heterocycles. The maximum atomic E-state index is 13.2. The molecule has 2 N–H and O–H groups in total. The monoisotopic (exact) mass is 509 g/mol. The summed E-state index contributed by atoms with van der Waals surface area (Å²) in [6, 6.07) is 16.3. The van der Waals surface area contributed by atoms with Gasteiger partial charge in [-0.2, -0.15) is 5.10 Å². The van der Waals surface area contributed by atoms with Gasteiger partial charge in [0.05, 0.1) is 25.0 Å². The number of nitrogens with one attached hydrogen (secondary N) is 2. The van der Waals surface area contributed by atoms with Crippen LogP contribution in [0, 0.1) is 5.82 Å². The van der Waals surface area contributed by atoms with Crippen molar-refractivity contribution >= 4 is 29.9 Å². The Morgan fingerprint density at radius 1 is 1.14 bits per heavy atom. The summed E-state index contributed by atoms with van der Waals surface area (Å²) in [7, 11) is 3.36. The Morgan fingerprint density at radius 2 is 1.93 bits per heavy atom. The SMILES string of the molecule is CN=C(NCCc1cccc(F)c1)NCc1ccn(-c2ccc(OC)cc2)n1.I. The molecule has 3 rings (SSSR count). The molecule has 0 amide bonds. The minimum absolute atomic E-state index is 0. The second kappa shape index (κ2) is 11.4. The van der Waals surface area contributed by atoms with E-state index in [1.165, 1.54) is 6.07 Å². The van der Waals surface area contributed by atoms with Crippen LogP contribution in [-0.2, 0) is 13.0 Å². The molecule has 2 aromatic carbocycles. The van der Waals surface area contributed by atoms with Gasteiger partial charge in [0.25, 0.3) is 0 Å². The zero-order valence-electron chi connectivity index (χ0n) is 16.4. The Bertz CT molecular complexity index is 927. The van der Waals surface area contributed by atoms with E-state index < -0.39 is 0 Å². The zero-order valence-corrected chi connectivity index (χ0v) is 18.8. The molecule has 0 spiro atoms. The number of rotatable bonds is 7. The molecule has 0 fully saturated rings. The van der Waals surface area contributed by atoms with Crippen molar-refractivity contribution in [3.8, 4) is 11.4 Å². The maximum Gasteiger partial charge on any atom is 0.191 e. The fourth-order valence-electron chi connectivity index (χ4n) is 2.75. The molecule has 3 aromatic rings. The highest BCUT2D eigenvalue weighted by Gasteiger charge is 2.04. The molecule has 0 saturated carbocycles. The molecule has 0 aliphatic heterocycles. The smallest absolute Gasteiger partial charge is 0.191 e. The van der Waals surface area contributed by atoms with E-state index in [1.54, 1.807) is 26.3 Å². The van der Waals surface area contributed by atoms with Crippen molar-refractivity contribution < 1.29 is 9.13 Å². The first-order valence-electron chi connectivity index (χ1n) is 9.06. The second-order valence-corrected chi connectivity index (χ2v) is 6.18. The molecule has 0 atom stereocenters. The minimum atomic E-state index is -0.215. The van der Waals surface area contributed by atoms with Gasteiger partial charge in [-0.3, -0.25) is 4.99 Å². The average molecular weight is 509 g/mol. The van der Waals surface area contributed by atoms with Crippen LogP contribution in [0.15, 0.2) is 65.8 Å². The van der Waals surface area contributed by atoms with Crippen molar-refractivity contribution in [3.05, 3.63) is 77.9 Å². The summed E-state index contributed by atoms with van der Waals surface area (Å²) in [6.45, 7) is 1.20. The molecule has 0 radical (unpaired) electrons. The fourth-order valence-corrected chi connectivity index (χ4v) is 2.75. The van der Waals surface area contributed by atoms with Crippen LogP contribution in [0.2, 0.25) is 0 Å². The van der Waals surface area contributed by atoms with Crippen LogP contribution in [0.25, 0.3) is 5.69 Å². The number of hydrogen-bond donors (Lipinski definition) is 2. The van der Waals surface area contributed by atoms with E-state index in [0.29, 0.717) is 25.5 Å². The van der Waals surface area contributed by atoms with Gasteiger partial charge in [-0.25, -0.2) is 9.07 Å². The van der Waals surface area contributed by atoms with Crippen molar-refractivity contribution in [1.82, 2.24) is 20.4 Å². The van der Waals surface area contributed by atoms with E-state index in [0.717, 1.165) is 22.7 Å². The molecule has 0 aliphatic carbocycles. The van der Waals surface area contributed by atoms with Gasteiger partial charge in [-0.05, 0) is 54.4 Å². The largest absolute Gasteiger partial charge is 0.497 e. The van der Waals surface area contributed by atoms with E-state index in [1.807, 2.05) is 47.3 Å². The zero-order chi connectivity index (χ0) is 19.8. The Morgan fingerprint density at radius 3 is 2.62 bits per heavy atom. The standard InChI is InChI=1S/C21H24FN5O.HI/c1-23-21(24-12-10-16-4-3-5-17(22)14-16)25-15-18-11-13-27(26-18)19-6-8-20(28-2)9-7-19;/h3-9,11,13-14H,10,12,15H2,1-2H3,(H2,23,24,25);1H. The van der Waals surface area contributed by atoms with Crippen LogP contribution < -0.4 is 15.4 Å². The Labute approximate surface area is 187 Å². The molecule has 0 bridgehead atoms. The summed E-state index contributed by atoms with van der Waals surface area (Å²) >= 11 is 0. The summed E-state index contributed by atoms with van der Waals surface area (Å²) in [4.78, 5) is 4.21. The number of methoxy groups -OCH3 is 1. The molecule has 154 valence electrons. The van der Waals surface area contributed by atoms with Crippen LogP contribution >= 0.6 is 24.0 Å². The van der Waals surface area contributed by atoms with Crippen LogP contribution in [0.3, 0.4) is 0 Å². The lowest BCUT2D eigenvalue weighted by molar-refractivity contribution is 0.414. The molecular weight excluding hydrogens is 484 g/mol. The summed E-state index contributed by atoms with van der Waals surface area (Å²) in [5.74, 6) is 1.27. The summed E-state index contributed by atoms with van der Waals surface area (Å²) in [6.07, 6.45) is 2.63. The van der Waals surface area contributed by atoms with Gasteiger partial charge in [-0.1, -0.05) is 12.1 Å². The summed E-state index contributed by atoms with van der Waals surface area (Å²) in [5, 5.41) is 11.0. The molecule has 0 aliphatic rings. The first kappa shape index (κ1) is 22.7. The highest BCUT2D eigenvalue weighted by molar-refractivity contribution is 14.0. The molecule has 0 unspecified atom stereocenters. The van der Waals surface area contributed by atoms with Gasteiger partial charge in [0.15, 0.2) is 5.96 Å². The number of ether oxygens (including phenoxy) is 1. The Balaban J connectivity index is 0.00000300. The number of hydrogen-bond acceptors (Lipinski definition) is 3. The van der Waals surface area contributed by atoms with Crippen molar-refractivity contribution in [1.29, 1.82) is 0 Å². The Kier molecular flexibility index (Phi) is 8.91. The van der Waals surface area contributed by atoms with Crippen molar-refractivity contribution in [2.45, 2.75) is 13.0 Å². The maximum absolute atomic E-state index is 13.2. The van der Waals surface area contributed by atoms with E-state index >= 15 is 0 Å². The highest BCUT2D eigenvalue weighted by atomic mass is 127. The van der Waals surface area contributed by atoms with Gasteiger partial charge in [0, 0.05) is 19.8 Å². The van der Waals surface area contributed by atoms with Crippen molar-refractivity contribution in [3.63, 3.8) is 0 Å². The van der Waals surface area contributed by atoms with Gasteiger partial charge >= 0.3 is 0 Å². The molecule has 6 nitrogen and oxygen atoms in total. The lowest BCUT2D eigenvalue weighted by Gasteiger charge is -2.11. The molecule has 29 heavy (non-hydrogen) atoms. The predicted octanol–water partition coefficient (Wildman–Crippen LogP) is 3.55. The molecule has 1 aromatic heterocycles. The quantitative estimate of drug-likeness (QED) is 0.291.